The molecule has 0 aromatic heterocycles. The number of unbranched alkanes of at least 4 members (excludes halogenated alkanes) is 2. The van der Waals surface area contributed by atoms with Crippen LogP contribution in [-0.4, -0.2) is 70.3 Å². The Kier molecular flexibility index (Phi) is 11.0. The number of rotatable bonds is 11. The van der Waals surface area contributed by atoms with Gasteiger partial charge < -0.3 is 20.9 Å². The third-order valence-electron chi connectivity index (χ3n) is 7.99. The molecule has 10 nitrogen and oxygen atoms in total. The van der Waals surface area contributed by atoms with E-state index in [0.29, 0.717) is 45.1 Å². The predicted octanol–water partition coefficient (Wildman–Crippen LogP) is 1.99. The first-order chi connectivity index (χ1) is 19.1. The lowest BCUT2D eigenvalue weighted by Crippen LogP contribution is -2.65. The molecule has 3 N–H and O–H groups in total. The summed E-state index contributed by atoms with van der Waals surface area (Å²) in [7, 11) is 0. The van der Waals surface area contributed by atoms with Gasteiger partial charge in [-0.25, -0.2) is 0 Å². The van der Waals surface area contributed by atoms with Crippen molar-refractivity contribution in [2.24, 2.45) is 0 Å². The highest BCUT2D eigenvalue weighted by molar-refractivity contribution is 6.37. The van der Waals surface area contributed by atoms with Crippen molar-refractivity contribution in [1.82, 2.24) is 20.9 Å². The Hall–Kier alpha value is -3.56. The van der Waals surface area contributed by atoms with Gasteiger partial charge in [0.05, 0.1) is 0 Å². The average Bonchev–Trinajstić information content (AvgIpc) is 3.45. The summed E-state index contributed by atoms with van der Waals surface area (Å²) in [5.41, 5.74) is -0.428. The highest BCUT2D eigenvalue weighted by Crippen LogP contribution is 2.22. The maximum absolute atomic E-state index is 13.7. The summed E-state index contributed by atoms with van der Waals surface area (Å²) in [6.07, 6.45) is 3.94. The van der Waals surface area contributed by atoms with Crippen LogP contribution in [0.2, 0.25) is 0 Å². The van der Waals surface area contributed by atoms with Gasteiger partial charge in [0, 0.05) is 25.8 Å². The van der Waals surface area contributed by atoms with Gasteiger partial charge in [-0.15, -0.1) is 0 Å². The van der Waals surface area contributed by atoms with E-state index in [1.54, 1.807) is 20.8 Å². The first kappa shape index (κ1) is 31.0. The van der Waals surface area contributed by atoms with Crippen LogP contribution in [0.15, 0.2) is 30.3 Å². The number of nitrogens with one attached hydrogen (secondary N) is 3. The van der Waals surface area contributed by atoms with Crippen LogP contribution in [0.1, 0.15) is 84.1 Å². The van der Waals surface area contributed by atoms with Crippen LogP contribution in [0.5, 0.6) is 0 Å². The Labute approximate surface area is 236 Å². The fourth-order valence-electron chi connectivity index (χ4n) is 5.22. The number of amides is 4. The van der Waals surface area contributed by atoms with E-state index in [1.165, 1.54) is 4.90 Å². The molecule has 10 heteroatoms. The van der Waals surface area contributed by atoms with Crippen LogP contribution in [0.3, 0.4) is 0 Å². The van der Waals surface area contributed by atoms with Gasteiger partial charge in [0.25, 0.3) is 0 Å². The number of Topliss-reactive ketones (excluding diaryl/α,β-unsaturated/α-hetero) is 2. The Morgan fingerprint density at radius 2 is 1.65 bits per heavy atom. The zero-order valence-electron chi connectivity index (χ0n) is 23.8. The van der Waals surface area contributed by atoms with E-state index in [1.807, 2.05) is 30.3 Å². The molecule has 2 saturated heterocycles. The van der Waals surface area contributed by atoms with E-state index in [2.05, 4.69) is 16.0 Å². The van der Waals surface area contributed by atoms with Gasteiger partial charge >= 0.3 is 0 Å². The fourth-order valence-corrected chi connectivity index (χ4v) is 5.22. The lowest BCUT2D eigenvalue weighted by molar-refractivity contribution is -0.144. The van der Waals surface area contributed by atoms with Gasteiger partial charge in [0.15, 0.2) is 11.6 Å². The van der Waals surface area contributed by atoms with E-state index in [4.69, 9.17) is 0 Å². The van der Waals surface area contributed by atoms with E-state index >= 15 is 0 Å². The van der Waals surface area contributed by atoms with Crippen molar-refractivity contribution in [2.45, 2.75) is 109 Å². The second-order valence-electron chi connectivity index (χ2n) is 10.9. The van der Waals surface area contributed by atoms with Crippen molar-refractivity contribution in [3.8, 4) is 0 Å². The molecule has 0 unspecified atom stereocenters. The van der Waals surface area contributed by atoms with Gasteiger partial charge in [-0.1, -0.05) is 57.0 Å². The largest absolute Gasteiger partial charge is 0.343 e. The second-order valence-corrected chi connectivity index (χ2v) is 10.9. The minimum Gasteiger partial charge on any atom is -0.343 e. The number of fused-ring (bicyclic) bond motifs is 1. The monoisotopic (exact) mass is 554 g/mol. The van der Waals surface area contributed by atoms with Gasteiger partial charge in [-0.3, -0.25) is 28.8 Å². The Bertz CT molecular complexity index is 1110. The molecular formula is C30H42N4O6. The fraction of sp³-hybridized carbons (Fsp3) is 0.600. The predicted molar refractivity (Wildman–Crippen MR) is 149 cm³/mol. The Balaban J connectivity index is 1.79. The molecule has 2 fully saturated rings. The van der Waals surface area contributed by atoms with Crippen molar-refractivity contribution < 1.29 is 28.8 Å². The standard InChI is InChI=1S/C30H42N4O6/c1-4-24(35)25(36)17-11-7-10-15-21-26(37)33-30(3,5-2)29(40)32-22(19-20-13-8-6-9-14-20)28(39)34-18-12-16-23(34)27(38)31-21/h6,8-9,13-14,21-23H,4-5,7,10-12,15-19H2,1-3H3,(H,31,38)(H,32,40)(H,33,37)/t21-,22-,23+,30-/m0/s1. The highest BCUT2D eigenvalue weighted by atomic mass is 16.2. The Morgan fingerprint density at radius 1 is 0.925 bits per heavy atom. The number of hydrogen-bond acceptors (Lipinski definition) is 6. The number of ketones is 2. The SMILES string of the molecule is CCC(=O)C(=O)CCCCC[C@@H]1NC(=O)[C@H]2CCCN2C(=O)[C@H](Cc2ccccc2)NC(=O)[C@](C)(CC)NC1=O. The summed E-state index contributed by atoms with van der Waals surface area (Å²) < 4.78 is 0. The van der Waals surface area contributed by atoms with E-state index in [-0.39, 0.29) is 43.2 Å². The summed E-state index contributed by atoms with van der Waals surface area (Å²) in [5, 5.41) is 8.57. The quantitative estimate of drug-likeness (QED) is 0.282. The summed E-state index contributed by atoms with van der Waals surface area (Å²) in [6.45, 7) is 5.44. The molecule has 2 aliphatic heterocycles. The molecule has 4 amide bonds. The van der Waals surface area contributed by atoms with E-state index in [9.17, 15) is 28.8 Å². The van der Waals surface area contributed by atoms with Crippen LogP contribution < -0.4 is 16.0 Å². The minimum atomic E-state index is -1.30. The molecule has 1 aromatic carbocycles. The minimum absolute atomic E-state index is 0.160. The molecule has 0 radical (unpaired) electrons. The zero-order chi connectivity index (χ0) is 29.3. The molecule has 4 atom stereocenters. The summed E-state index contributed by atoms with van der Waals surface area (Å²) in [5.74, 6) is -2.41. The normalized spacial score (nSPS) is 25.7. The van der Waals surface area contributed by atoms with Crippen molar-refractivity contribution in [2.75, 3.05) is 6.54 Å². The third kappa shape index (κ3) is 7.76. The first-order valence-corrected chi connectivity index (χ1v) is 14.4. The van der Waals surface area contributed by atoms with Crippen molar-refractivity contribution in [3.05, 3.63) is 35.9 Å². The smallest absolute Gasteiger partial charge is 0.246 e. The molecule has 3 rings (SSSR count). The van der Waals surface area contributed by atoms with Crippen LogP contribution >= 0.6 is 0 Å². The molecule has 2 aliphatic rings. The number of carbonyl (C=O) groups excluding carboxylic acids is 6. The molecule has 2 heterocycles. The number of carbonyl (C=O) groups is 6. The maximum atomic E-state index is 13.7. The molecule has 40 heavy (non-hydrogen) atoms. The molecule has 0 bridgehead atoms. The number of nitrogens with zero attached hydrogens (tertiary/aromatic N) is 1. The molecular weight excluding hydrogens is 512 g/mol. The van der Waals surface area contributed by atoms with Gasteiger partial charge in [-0.2, -0.15) is 0 Å². The van der Waals surface area contributed by atoms with Gasteiger partial charge in [0.2, 0.25) is 23.6 Å². The molecule has 0 aliphatic carbocycles. The number of benzene rings is 1. The summed E-state index contributed by atoms with van der Waals surface area (Å²) >= 11 is 0. The molecule has 1 aromatic rings. The van der Waals surface area contributed by atoms with Crippen LogP contribution in [-0.2, 0) is 35.2 Å². The van der Waals surface area contributed by atoms with E-state index in [0.717, 1.165) is 5.56 Å². The second kappa shape index (κ2) is 14.2. The molecule has 218 valence electrons. The molecule has 0 spiro atoms. The average molecular weight is 555 g/mol. The number of hydrogen-bond donors (Lipinski definition) is 3. The van der Waals surface area contributed by atoms with E-state index < -0.39 is 41.4 Å². The highest BCUT2D eigenvalue weighted by Gasteiger charge is 2.43. The summed E-state index contributed by atoms with van der Waals surface area (Å²) in [4.78, 5) is 79.0. The molecule has 0 saturated carbocycles. The Morgan fingerprint density at radius 3 is 2.33 bits per heavy atom. The van der Waals surface area contributed by atoms with Crippen molar-refractivity contribution in [1.29, 1.82) is 0 Å². The first-order valence-electron chi connectivity index (χ1n) is 14.4. The van der Waals surface area contributed by atoms with Crippen molar-refractivity contribution >= 4 is 35.2 Å². The lowest BCUT2D eigenvalue weighted by atomic mass is 9.94. The van der Waals surface area contributed by atoms with Crippen LogP contribution in [0.25, 0.3) is 0 Å². The van der Waals surface area contributed by atoms with Crippen LogP contribution in [0, 0.1) is 0 Å². The third-order valence-corrected chi connectivity index (χ3v) is 7.99. The maximum Gasteiger partial charge on any atom is 0.246 e. The zero-order valence-corrected chi connectivity index (χ0v) is 23.8. The van der Waals surface area contributed by atoms with Gasteiger partial charge in [-0.05, 0) is 44.6 Å². The topological polar surface area (TPSA) is 142 Å². The van der Waals surface area contributed by atoms with Gasteiger partial charge in [0.1, 0.15) is 23.7 Å². The summed E-state index contributed by atoms with van der Waals surface area (Å²) in [6, 6.07) is 6.84. The van der Waals surface area contributed by atoms with Crippen molar-refractivity contribution in [3.63, 3.8) is 0 Å². The lowest BCUT2D eigenvalue weighted by Gasteiger charge is -2.36. The van der Waals surface area contributed by atoms with Crippen LogP contribution in [0.4, 0.5) is 0 Å².